The summed E-state index contributed by atoms with van der Waals surface area (Å²) >= 11 is 0. The maximum absolute atomic E-state index is 13.0. The zero-order valence-electron chi connectivity index (χ0n) is 30.3. The van der Waals surface area contributed by atoms with E-state index in [1.54, 1.807) is 41.5 Å². The fourth-order valence-corrected chi connectivity index (χ4v) is 4.64. The van der Waals surface area contributed by atoms with Gasteiger partial charge in [0.25, 0.3) is 11.8 Å². The third kappa shape index (κ3) is 19.4. The first-order valence-electron chi connectivity index (χ1n) is 17.0. The molecular formula is C32H56N6O12. The predicted molar refractivity (Wildman–Crippen MR) is 178 cm³/mol. The Labute approximate surface area is 293 Å². The summed E-state index contributed by atoms with van der Waals surface area (Å²) in [6.07, 6.45) is -2.88. The summed E-state index contributed by atoms with van der Waals surface area (Å²) in [6, 6.07) is 0. The van der Waals surface area contributed by atoms with Gasteiger partial charge in [-0.15, -0.1) is 0 Å². The maximum Gasteiger partial charge on any atom is 0.408 e. The van der Waals surface area contributed by atoms with Gasteiger partial charge in [0, 0.05) is 39.3 Å². The van der Waals surface area contributed by atoms with Crippen LogP contribution in [0.25, 0.3) is 0 Å². The largest absolute Gasteiger partial charge is 0.448 e. The van der Waals surface area contributed by atoms with Crippen molar-refractivity contribution in [3.05, 3.63) is 0 Å². The van der Waals surface area contributed by atoms with Crippen LogP contribution in [0.2, 0.25) is 0 Å². The summed E-state index contributed by atoms with van der Waals surface area (Å²) in [5.74, 6) is -2.86. The molecule has 286 valence electrons. The second-order valence-corrected chi connectivity index (χ2v) is 13.8. The van der Waals surface area contributed by atoms with Crippen LogP contribution in [0.15, 0.2) is 0 Å². The van der Waals surface area contributed by atoms with Gasteiger partial charge in [-0.1, -0.05) is 0 Å². The van der Waals surface area contributed by atoms with Crippen molar-refractivity contribution in [1.29, 1.82) is 0 Å². The van der Waals surface area contributed by atoms with Crippen LogP contribution in [0.5, 0.6) is 0 Å². The molecule has 0 aliphatic carbocycles. The van der Waals surface area contributed by atoms with E-state index in [0.29, 0.717) is 25.9 Å². The van der Waals surface area contributed by atoms with Crippen molar-refractivity contribution in [2.24, 2.45) is 0 Å². The van der Waals surface area contributed by atoms with Crippen LogP contribution in [0.3, 0.4) is 0 Å². The highest BCUT2D eigenvalue weighted by molar-refractivity contribution is 5.86. The van der Waals surface area contributed by atoms with Crippen molar-refractivity contribution in [1.82, 2.24) is 31.1 Å². The molecule has 2 atom stereocenters. The predicted octanol–water partition coefficient (Wildman–Crippen LogP) is -0.464. The molecule has 0 saturated carbocycles. The van der Waals surface area contributed by atoms with Gasteiger partial charge in [0.05, 0.1) is 26.4 Å². The molecule has 0 aromatic heterocycles. The zero-order valence-corrected chi connectivity index (χ0v) is 30.3. The van der Waals surface area contributed by atoms with Crippen LogP contribution < -0.4 is 21.3 Å². The SMILES string of the molecule is CC(C)(C)OC(=O)NCC(=O)OC1COCCOCC(OC(=O)CNC(=O)OC(C)(C)C)C(=O)NCCCN2CCN(CCCNC1=O)CC2. The second-order valence-electron chi connectivity index (χ2n) is 13.8. The average molecular weight is 717 g/mol. The van der Waals surface area contributed by atoms with Crippen molar-refractivity contribution < 1.29 is 57.2 Å². The van der Waals surface area contributed by atoms with Gasteiger partial charge in [0.2, 0.25) is 12.2 Å². The van der Waals surface area contributed by atoms with Gasteiger partial charge < -0.3 is 59.5 Å². The highest BCUT2D eigenvalue weighted by Gasteiger charge is 2.27. The van der Waals surface area contributed by atoms with Crippen molar-refractivity contribution in [2.75, 3.05) is 91.9 Å². The van der Waals surface area contributed by atoms with Crippen LogP contribution in [-0.2, 0) is 47.6 Å². The molecule has 50 heavy (non-hydrogen) atoms. The average Bonchev–Trinajstić information content (AvgIpc) is 3.02. The van der Waals surface area contributed by atoms with E-state index in [1.807, 2.05) is 0 Å². The van der Waals surface area contributed by atoms with Crippen LogP contribution in [0, 0.1) is 0 Å². The lowest BCUT2D eigenvalue weighted by Crippen LogP contribution is -2.48. The van der Waals surface area contributed by atoms with Crippen molar-refractivity contribution in [3.8, 4) is 0 Å². The third-order valence-corrected chi connectivity index (χ3v) is 6.96. The van der Waals surface area contributed by atoms with E-state index in [-0.39, 0.29) is 26.4 Å². The number of hydrogen-bond donors (Lipinski definition) is 4. The van der Waals surface area contributed by atoms with Gasteiger partial charge in [-0.3, -0.25) is 19.2 Å². The summed E-state index contributed by atoms with van der Waals surface area (Å²) in [6.45, 7) is 13.9. The highest BCUT2D eigenvalue weighted by atomic mass is 16.6. The first-order chi connectivity index (χ1) is 23.5. The van der Waals surface area contributed by atoms with Gasteiger partial charge in [0.15, 0.2) is 0 Å². The Hall–Kier alpha value is -3.74. The number of carbonyl (C=O) groups is 6. The fourth-order valence-electron chi connectivity index (χ4n) is 4.64. The molecule has 3 fully saturated rings. The number of hydrogen-bond acceptors (Lipinski definition) is 14. The van der Waals surface area contributed by atoms with Crippen molar-refractivity contribution >= 4 is 35.9 Å². The van der Waals surface area contributed by atoms with Gasteiger partial charge in [-0.2, -0.15) is 0 Å². The zero-order chi connectivity index (χ0) is 37.2. The van der Waals surface area contributed by atoms with E-state index >= 15 is 0 Å². The monoisotopic (exact) mass is 716 g/mol. The number of amides is 4. The first-order valence-corrected chi connectivity index (χ1v) is 17.0. The van der Waals surface area contributed by atoms with Gasteiger partial charge in [-0.25, -0.2) is 9.59 Å². The van der Waals surface area contributed by atoms with Gasteiger partial charge in [-0.05, 0) is 67.5 Å². The quantitative estimate of drug-likeness (QED) is 0.202. The molecule has 4 amide bonds. The fraction of sp³-hybridized carbons (Fsp3) is 0.812. The standard InChI is InChI=1S/C32H56N6O12/c1-31(2,3)49-29(43)35-19-25(39)47-23-21-45-17-18-46-22-24(48-26(40)20-36-30(44)50-32(4,5)6)28(42)34-10-8-12-38-15-13-37(14-16-38)11-7-9-33-27(23)41/h23-24H,7-22H2,1-6H3,(H,33,41)(H,34,42)(H,35,43)(H,36,44). The molecule has 0 aromatic rings. The van der Waals surface area contributed by atoms with Gasteiger partial charge >= 0.3 is 24.1 Å². The number of piperazine rings is 1. The third-order valence-electron chi connectivity index (χ3n) is 6.96. The molecule has 0 aromatic carbocycles. The molecule has 3 heterocycles. The van der Waals surface area contributed by atoms with Crippen LogP contribution in [0.1, 0.15) is 54.4 Å². The maximum atomic E-state index is 13.0. The van der Waals surface area contributed by atoms with Crippen LogP contribution in [-0.4, -0.2) is 161 Å². The molecule has 0 radical (unpaired) electrons. The molecule has 4 N–H and O–H groups in total. The molecule has 3 aliphatic heterocycles. The van der Waals surface area contributed by atoms with E-state index < -0.39 is 72.4 Å². The minimum absolute atomic E-state index is 0.0647. The molecule has 3 aliphatic rings. The van der Waals surface area contributed by atoms with Crippen LogP contribution in [0.4, 0.5) is 9.59 Å². The van der Waals surface area contributed by atoms with Crippen molar-refractivity contribution in [2.45, 2.75) is 77.8 Å². The summed E-state index contributed by atoms with van der Waals surface area (Å²) in [5, 5.41) is 10.2. The minimum Gasteiger partial charge on any atom is -0.448 e. The Balaban J connectivity index is 2.00. The van der Waals surface area contributed by atoms with E-state index in [0.717, 1.165) is 39.3 Å². The molecule has 3 rings (SSSR count). The normalized spacial score (nSPS) is 23.8. The smallest absolute Gasteiger partial charge is 0.408 e. The van der Waals surface area contributed by atoms with E-state index in [1.165, 1.54) is 0 Å². The lowest BCUT2D eigenvalue weighted by molar-refractivity contribution is -0.160. The molecule has 2 unspecified atom stereocenters. The van der Waals surface area contributed by atoms with E-state index in [2.05, 4.69) is 31.1 Å². The minimum atomic E-state index is -1.32. The number of ether oxygens (including phenoxy) is 6. The molecule has 18 heteroatoms. The molecular weight excluding hydrogens is 660 g/mol. The Kier molecular flexibility index (Phi) is 18.2. The highest BCUT2D eigenvalue weighted by Crippen LogP contribution is 2.08. The summed E-state index contributed by atoms with van der Waals surface area (Å²) < 4.78 is 32.0. The summed E-state index contributed by atoms with van der Waals surface area (Å²) in [7, 11) is 0. The van der Waals surface area contributed by atoms with Gasteiger partial charge in [0.1, 0.15) is 24.3 Å². The molecule has 18 nitrogen and oxygen atoms in total. The Morgan fingerprint density at radius 2 is 1.02 bits per heavy atom. The second kappa shape index (κ2) is 21.5. The van der Waals surface area contributed by atoms with Crippen LogP contribution >= 0.6 is 0 Å². The van der Waals surface area contributed by atoms with Crippen molar-refractivity contribution in [3.63, 3.8) is 0 Å². The first kappa shape index (κ1) is 42.4. The molecule has 0 spiro atoms. The lowest BCUT2D eigenvalue weighted by Gasteiger charge is -2.34. The number of nitrogens with zero attached hydrogens (tertiary/aromatic N) is 2. The topological polar surface area (TPSA) is 212 Å². The number of esters is 2. The number of rotatable bonds is 6. The summed E-state index contributed by atoms with van der Waals surface area (Å²) in [5.41, 5.74) is -1.53. The number of nitrogens with one attached hydrogen (secondary N) is 4. The number of fused-ring (bicyclic) bond motifs is 19. The molecule has 3 saturated heterocycles. The lowest BCUT2D eigenvalue weighted by atomic mass is 10.2. The Morgan fingerprint density at radius 1 is 0.660 bits per heavy atom. The number of carbonyl (C=O) groups excluding carboxylic acids is 6. The van der Waals surface area contributed by atoms with E-state index in [4.69, 9.17) is 28.4 Å². The number of alkyl carbamates (subject to hydrolysis) is 2. The molecule has 2 bridgehead atoms. The Bertz CT molecular complexity index is 1030. The van der Waals surface area contributed by atoms with E-state index in [9.17, 15) is 28.8 Å². The Morgan fingerprint density at radius 3 is 1.36 bits per heavy atom. The summed E-state index contributed by atoms with van der Waals surface area (Å²) in [4.78, 5) is 79.4.